The summed E-state index contributed by atoms with van der Waals surface area (Å²) in [7, 11) is 0. The van der Waals surface area contributed by atoms with Crippen LogP contribution in [-0.4, -0.2) is 6.04 Å². The Labute approximate surface area is 91.9 Å². The molecule has 3 atom stereocenters. The summed E-state index contributed by atoms with van der Waals surface area (Å²) in [6.45, 7) is 2.19. The lowest BCUT2D eigenvalue weighted by Crippen LogP contribution is -2.26. The molecule has 80 valence electrons. The minimum absolute atomic E-state index is 0.754. The average molecular weight is 201 g/mol. The highest BCUT2D eigenvalue weighted by atomic mass is 14.9. The third-order valence-corrected chi connectivity index (χ3v) is 4.22. The van der Waals surface area contributed by atoms with Crippen molar-refractivity contribution >= 4 is 5.69 Å². The standard InChI is InChI=1S/C14H19N/c1-10-4-2-3-5-13(10)15-14-9-11-6-7-12(14)8-11/h2-5,11-12,14-15H,6-9H2,1H3/t11-,12+,14+/m0/s1. The van der Waals surface area contributed by atoms with E-state index in [4.69, 9.17) is 0 Å². The van der Waals surface area contributed by atoms with Crippen LogP contribution in [0.25, 0.3) is 0 Å². The maximum atomic E-state index is 3.74. The van der Waals surface area contributed by atoms with Gasteiger partial charge in [-0.3, -0.25) is 0 Å². The molecule has 0 unspecified atom stereocenters. The second-order valence-corrected chi connectivity index (χ2v) is 5.24. The van der Waals surface area contributed by atoms with Gasteiger partial charge in [-0.25, -0.2) is 0 Å². The molecular weight excluding hydrogens is 182 g/mol. The van der Waals surface area contributed by atoms with Gasteiger partial charge >= 0.3 is 0 Å². The van der Waals surface area contributed by atoms with Crippen molar-refractivity contribution in [3.63, 3.8) is 0 Å². The summed E-state index contributed by atoms with van der Waals surface area (Å²) in [5.41, 5.74) is 2.72. The molecule has 0 saturated heterocycles. The van der Waals surface area contributed by atoms with Crippen LogP contribution in [-0.2, 0) is 0 Å². The normalized spacial score (nSPS) is 33.3. The number of para-hydroxylation sites is 1. The van der Waals surface area contributed by atoms with E-state index < -0.39 is 0 Å². The lowest BCUT2D eigenvalue weighted by Gasteiger charge is -2.24. The number of nitrogens with one attached hydrogen (secondary N) is 1. The lowest BCUT2D eigenvalue weighted by molar-refractivity contribution is 0.439. The molecule has 1 aromatic rings. The highest BCUT2D eigenvalue weighted by Gasteiger charge is 2.39. The molecule has 2 fully saturated rings. The Hall–Kier alpha value is -0.980. The first-order chi connectivity index (χ1) is 7.33. The van der Waals surface area contributed by atoms with Crippen LogP contribution in [0.2, 0.25) is 0 Å². The minimum atomic E-state index is 0.754. The summed E-state index contributed by atoms with van der Waals surface area (Å²) < 4.78 is 0. The Morgan fingerprint density at radius 2 is 2.00 bits per heavy atom. The second kappa shape index (κ2) is 3.55. The Kier molecular flexibility index (Phi) is 2.19. The summed E-state index contributed by atoms with van der Waals surface area (Å²) >= 11 is 0. The van der Waals surface area contributed by atoms with Crippen LogP contribution in [0.5, 0.6) is 0 Å². The lowest BCUT2D eigenvalue weighted by atomic mass is 9.95. The zero-order valence-electron chi connectivity index (χ0n) is 9.37. The number of anilines is 1. The van der Waals surface area contributed by atoms with Gasteiger partial charge in [0, 0.05) is 11.7 Å². The maximum Gasteiger partial charge on any atom is 0.0372 e. The summed E-state index contributed by atoms with van der Waals surface area (Å²) in [4.78, 5) is 0. The monoisotopic (exact) mass is 201 g/mol. The fraction of sp³-hybridized carbons (Fsp3) is 0.571. The van der Waals surface area contributed by atoms with Gasteiger partial charge < -0.3 is 5.32 Å². The van der Waals surface area contributed by atoms with Crippen LogP contribution in [0.15, 0.2) is 24.3 Å². The van der Waals surface area contributed by atoms with Gasteiger partial charge in [-0.1, -0.05) is 24.6 Å². The molecule has 15 heavy (non-hydrogen) atoms. The Balaban J connectivity index is 1.73. The van der Waals surface area contributed by atoms with E-state index >= 15 is 0 Å². The molecule has 2 saturated carbocycles. The molecule has 3 rings (SSSR count). The highest BCUT2D eigenvalue weighted by molar-refractivity contribution is 5.51. The molecule has 0 heterocycles. The second-order valence-electron chi connectivity index (χ2n) is 5.24. The molecule has 2 bridgehead atoms. The molecule has 0 aliphatic heterocycles. The molecule has 1 aromatic carbocycles. The van der Waals surface area contributed by atoms with Crippen molar-refractivity contribution in [1.29, 1.82) is 0 Å². The van der Waals surface area contributed by atoms with Crippen LogP contribution in [0.4, 0.5) is 5.69 Å². The van der Waals surface area contributed by atoms with Gasteiger partial charge in [-0.2, -0.15) is 0 Å². The first-order valence-corrected chi connectivity index (χ1v) is 6.15. The number of benzene rings is 1. The van der Waals surface area contributed by atoms with E-state index in [2.05, 4.69) is 36.5 Å². The summed E-state index contributed by atoms with van der Waals surface area (Å²) in [6, 6.07) is 9.39. The van der Waals surface area contributed by atoms with E-state index in [0.29, 0.717) is 0 Å². The first-order valence-electron chi connectivity index (χ1n) is 6.15. The summed E-state index contributed by atoms with van der Waals surface area (Å²) in [6.07, 6.45) is 5.81. The predicted molar refractivity (Wildman–Crippen MR) is 64.0 cm³/mol. The number of rotatable bonds is 2. The first kappa shape index (κ1) is 9.26. The number of hydrogen-bond donors (Lipinski definition) is 1. The van der Waals surface area contributed by atoms with E-state index in [1.807, 2.05) is 0 Å². The molecule has 1 N–H and O–H groups in total. The van der Waals surface area contributed by atoms with Gasteiger partial charge in [0.15, 0.2) is 0 Å². The predicted octanol–water partition coefficient (Wildman–Crippen LogP) is 3.60. The van der Waals surface area contributed by atoms with Crippen molar-refractivity contribution < 1.29 is 0 Å². The molecule has 0 amide bonds. The molecule has 0 aromatic heterocycles. The zero-order chi connectivity index (χ0) is 10.3. The summed E-state index contributed by atoms with van der Waals surface area (Å²) in [5, 5.41) is 3.74. The highest BCUT2D eigenvalue weighted by Crippen LogP contribution is 2.45. The van der Waals surface area contributed by atoms with Crippen LogP contribution in [0.3, 0.4) is 0 Å². The molecular formula is C14H19N. The van der Waals surface area contributed by atoms with Crippen molar-refractivity contribution in [3.05, 3.63) is 29.8 Å². The van der Waals surface area contributed by atoms with Gasteiger partial charge in [0.1, 0.15) is 0 Å². The topological polar surface area (TPSA) is 12.0 Å². The van der Waals surface area contributed by atoms with Crippen LogP contribution >= 0.6 is 0 Å². The third-order valence-electron chi connectivity index (χ3n) is 4.22. The molecule has 2 aliphatic rings. The van der Waals surface area contributed by atoms with Crippen molar-refractivity contribution in [2.45, 2.75) is 38.6 Å². The Morgan fingerprint density at radius 3 is 2.67 bits per heavy atom. The molecule has 1 nitrogen and oxygen atoms in total. The molecule has 0 radical (unpaired) electrons. The van der Waals surface area contributed by atoms with Crippen molar-refractivity contribution in [2.75, 3.05) is 5.32 Å². The Bertz CT molecular complexity index is 358. The third kappa shape index (κ3) is 1.64. The van der Waals surface area contributed by atoms with E-state index in [-0.39, 0.29) is 0 Å². The van der Waals surface area contributed by atoms with Gasteiger partial charge in [0.05, 0.1) is 0 Å². The van der Waals surface area contributed by atoms with Crippen LogP contribution in [0, 0.1) is 18.8 Å². The SMILES string of the molecule is Cc1ccccc1N[C@@H]1C[C@H]2CC[C@@H]1C2. The van der Waals surface area contributed by atoms with Gasteiger partial charge in [-0.05, 0) is 49.7 Å². The maximum absolute atomic E-state index is 3.74. The van der Waals surface area contributed by atoms with E-state index in [1.165, 1.54) is 36.9 Å². The Morgan fingerprint density at radius 1 is 1.13 bits per heavy atom. The van der Waals surface area contributed by atoms with Gasteiger partial charge in [0.25, 0.3) is 0 Å². The zero-order valence-corrected chi connectivity index (χ0v) is 9.37. The number of aryl methyl sites for hydroxylation is 1. The fourth-order valence-corrected chi connectivity index (χ4v) is 3.36. The van der Waals surface area contributed by atoms with E-state index in [9.17, 15) is 0 Å². The molecule has 1 heteroatoms. The van der Waals surface area contributed by atoms with E-state index in [0.717, 1.165) is 17.9 Å². The van der Waals surface area contributed by atoms with Crippen molar-refractivity contribution in [1.82, 2.24) is 0 Å². The van der Waals surface area contributed by atoms with Gasteiger partial charge in [0.2, 0.25) is 0 Å². The minimum Gasteiger partial charge on any atom is -0.382 e. The summed E-state index contributed by atoms with van der Waals surface area (Å²) in [5.74, 6) is 1.98. The quantitative estimate of drug-likeness (QED) is 0.771. The van der Waals surface area contributed by atoms with Crippen LogP contribution in [0.1, 0.15) is 31.2 Å². The largest absolute Gasteiger partial charge is 0.382 e. The van der Waals surface area contributed by atoms with E-state index in [1.54, 1.807) is 0 Å². The smallest absolute Gasteiger partial charge is 0.0372 e. The van der Waals surface area contributed by atoms with Crippen molar-refractivity contribution in [3.8, 4) is 0 Å². The number of fused-ring (bicyclic) bond motifs is 2. The fourth-order valence-electron chi connectivity index (χ4n) is 3.36. The number of hydrogen-bond acceptors (Lipinski definition) is 1. The van der Waals surface area contributed by atoms with Crippen molar-refractivity contribution in [2.24, 2.45) is 11.8 Å². The molecule has 2 aliphatic carbocycles. The average Bonchev–Trinajstić information content (AvgIpc) is 2.83. The molecule has 0 spiro atoms. The van der Waals surface area contributed by atoms with Gasteiger partial charge in [-0.15, -0.1) is 0 Å². The van der Waals surface area contributed by atoms with Crippen LogP contribution < -0.4 is 5.32 Å².